The van der Waals surface area contributed by atoms with Gasteiger partial charge in [-0.15, -0.1) is 0 Å². The zero-order chi connectivity index (χ0) is 21.9. The highest BCUT2D eigenvalue weighted by atomic mass is 32.2. The van der Waals surface area contributed by atoms with Gasteiger partial charge in [0.1, 0.15) is 0 Å². The summed E-state index contributed by atoms with van der Waals surface area (Å²) in [6, 6.07) is 16.8. The van der Waals surface area contributed by atoms with Crippen molar-refractivity contribution < 1.29 is 9.53 Å². The van der Waals surface area contributed by atoms with E-state index in [-0.39, 0.29) is 5.91 Å². The van der Waals surface area contributed by atoms with E-state index in [2.05, 4.69) is 48.6 Å². The van der Waals surface area contributed by atoms with Crippen LogP contribution in [-0.4, -0.2) is 25.7 Å². The number of anilines is 1. The number of rotatable bonds is 12. The fraction of sp³-hybridized carbons (Fsp3) is 0.500. The molecular weight excluding hydrogens is 404 g/mol. The van der Waals surface area contributed by atoms with Gasteiger partial charge in [-0.25, -0.2) is 0 Å². The maximum atomic E-state index is 12.3. The molecule has 1 aliphatic heterocycles. The Labute approximate surface area is 191 Å². The number of carbonyl (C=O) groups excluding carboxylic acids is 1. The fourth-order valence-corrected chi connectivity index (χ4v) is 5.05. The summed E-state index contributed by atoms with van der Waals surface area (Å²) in [4.78, 5) is 14.6. The second-order valence-electron chi connectivity index (χ2n) is 8.41. The molecule has 4 nitrogen and oxygen atoms in total. The molecule has 5 heteroatoms. The number of unbranched alkanes of at least 4 members (excludes halogenated alkanes) is 5. The quantitative estimate of drug-likeness (QED) is 0.389. The van der Waals surface area contributed by atoms with Crippen LogP contribution in [0.2, 0.25) is 0 Å². The van der Waals surface area contributed by atoms with Crippen LogP contribution in [0.1, 0.15) is 63.9 Å². The molecule has 1 heterocycles. The number of nitrogens with two attached hydrogens (primary N) is 1. The van der Waals surface area contributed by atoms with Gasteiger partial charge in [0, 0.05) is 35.2 Å². The van der Waals surface area contributed by atoms with Crippen LogP contribution in [0, 0.1) is 0 Å². The molecule has 0 aliphatic carbocycles. The number of amides is 1. The molecule has 0 unspecified atom stereocenters. The molecule has 1 saturated heterocycles. The van der Waals surface area contributed by atoms with Gasteiger partial charge >= 0.3 is 0 Å². The van der Waals surface area contributed by atoms with Gasteiger partial charge in [-0.05, 0) is 61.2 Å². The SMILES string of the molecule is CCCCCCCCNc1ccc(Sc2cccc(C3(C(N)=O)CCOCC3)c2)cc1. The normalized spacial score (nSPS) is 15.5. The van der Waals surface area contributed by atoms with Crippen LogP contribution in [0.5, 0.6) is 0 Å². The summed E-state index contributed by atoms with van der Waals surface area (Å²) < 4.78 is 5.47. The van der Waals surface area contributed by atoms with E-state index in [1.54, 1.807) is 11.8 Å². The monoisotopic (exact) mass is 440 g/mol. The van der Waals surface area contributed by atoms with Gasteiger partial charge in [-0.1, -0.05) is 62.9 Å². The van der Waals surface area contributed by atoms with Gasteiger partial charge in [0.2, 0.25) is 5.91 Å². The molecule has 0 atom stereocenters. The number of nitrogens with one attached hydrogen (secondary N) is 1. The van der Waals surface area contributed by atoms with Gasteiger partial charge in [0.15, 0.2) is 0 Å². The lowest BCUT2D eigenvalue weighted by atomic mass is 9.73. The van der Waals surface area contributed by atoms with E-state index < -0.39 is 5.41 Å². The molecule has 1 aliphatic rings. The Morgan fingerprint density at radius 1 is 1.00 bits per heavy atom. The van der Waals surface area contributed by atoms with Gasteiger partial charge in [-0.2, -0.15) is 0 Å². The number of benzene rings is 2. The highest BCUT2D eigenvalue weighted by Crippen LogP contribution is 2.37. The van der Waals surface area contributed by atoms with E-state index >= 15 is 0 Å². The summed E-state index contributed by atoms with van der Waals surface area (Å²) in [5, 5.41) is 3.52. The first kappa shape index (κ1) is 23.7. The van der Waals surface area contributed by atoms with Crippen molar-refractivity contribution in [3.63, 3.8) is 0 Å². The molecule has 168 valence electrons. The second-order valence-corrected chi connectivity index (χ2v) is 9.55. The van der Waals surface area contributed by atoms with Crippen LogP contribution in [0.25, 0.3) is 0 Å². The number of hydrogen-bond donors (Lipinski definition) is 2. The molecule has 3 N–H and O–H groups in total. The van der Waals surface area contributed by atoms with E-state index in [0.717, 1.165) is 17.0 Å². The Morgan fingerprint density at radius 3 is 2.42 bits per heavy atom. The van der Waals surface area contributed by atoms with Crippen molar-refractivity contribution >= 4 is 23.4 Å². The predicted octanol–water partition coefficient (Wildman–Crippen LogP) is 6.14. The van der Waals surface area contributed by atoms with E-state index in [0.29, 0.717) is 26.1 Å². The smallest absolute Gasteiger partial charge is 0.228 e. The summed E-state index contributed by atoms with van der Waals surface area (Å²) in [5.41, 5.74) is 7.39. The van der Waals surface area contributed by atoms with Crippen molar-refractivity contribution in [2.24, 2.45) is 5.73 Å². The molecular formula is C26H36N2O2S. The third-order valence-electron chi connectivity index (χ3n) is 6.15. The molecule has 2 aromatic rings. The second kappa shape index (κ2) is 12.2. The average molecular weight is 441 g/mol. The van der Waals surface area contributed by atoms with E-state index in [4.69, 9.17) is 10.5 Å². The highest BCUT2D eigenvalue weighted by molar-refractivity contribution is 7.99. The lowest BCUT2D eigenvalue weighted by Crippen LogP contribution is -2.45. The minimum absolute atomic E-state index is 0.251. The maximum Gasteiger partial charge on any atom is 0.228 e. The summed E-state index contributed by atoms with van der Waals surface area (Å²) >= 11 is 1.71. The van der Waals surface area contributed by atoms with Crippen molar-refractivity contribution in [2.45, 2.75) is 73.5 Å². The molecule has 3 rings (SSSR count). The van der Waals surface area contributed by atoms with Crippen molar-refractivity contribution in [3.05, 3.63) is 54.1 Å². The first-order valence-electron chi connectivity index (χ1n) is 11.6. The Kier molecular flexibility index (Phi) is 9.29. The summed E-state index contributed by atoms with van der Waals surface area (Å²) in [7, 11) is 0. The van der Waals surface area contributed by atoms with Crippen molar-refractivity contribution in [3.8, 4) is 0 Å². The number of hydrogen-bond acceptors (Lipinski definition) is 4. The fourth-order valence-electron chi connectivity index (χ4n) is 4.17. The number of primary amides is 1. The van der Waals surface area contributed by atoms with Crippen LogP contribution in [0.15, 0.2) is 58.3 Å². The minimum Gasteiger partial charge on any atom is -0.385 e. The maximum absolute atomic E-state index is 12.3. The molecule has 0 spiro atoms. The topological polar surface area (TPSA) is 64.3 Å². The number of ether oxygens (including phenoxy) is 1. The summed E-state index contributed by atoms with van der Waals surface area (Å²) in [5.74, 6) is -0.251. The molecule has 1 amide bonds. The molecule has 0 bridgehead atoms. The molecule has 0 radical (unpaired) electrons. The summed E-state index contributed by atoms with van der Waals surface area (Å²) in [6.07, 6.45) is 9.17. The standard InChI is InChI=1S/C26H36N2O2S/c1-2-3-4-5-6-7-17-28-22-11-13-23(14-12-22)31-24-10-8-9-21(20-24)26(25(27)29)15-18-30-19-16-26/h8-14,20,28H,2-7,15-19H2,1H3,(H2,27,29). The van der Waals surface area contributed by atoms with Crippen molar-refractivity contribution in [1.29, 1.82) is 0 Å². The van der Waals surface area contributed by atoms with Crippen molar-refractivity contribution in [1.82, 2.24) is 0 Å². The van der Waals surface area contributed by atoms with E-state index in [1.165, 1.54) is 49.1 Å². The van der Waals surface area contributed by atoms with E-state index in [9.17, 15) is 4.79 Å². The Balaban J connectivity index is 1.54. The third kappa shape index (κ3) is 6.75. The van der Waals surface area contributed by atoms with Crippen LogP contribution >= 0.6 is 11.8 Å². The first-order valence-corrected chi connectivity index (χ1v) is 12.5. The van der Waals surface area contributed by atoms with Gasteiger partial charge in [0.05, 0.1) is 5.41 Å². The van der Waals surface area contributed by atoms with Gasteiger partial charge < -0.3 is 15.8 Å². The lowest BCUT2D eigenvalue weighted by molar-refractivity contribution is -0.127. The summed E-state index contributed by atoms with van der Waals surface area (Å²) in [6.45, 7) is 4.44. The van der Waals surface area contributed by atoms with Crippen LogP contribution in [-0.2, 0) is 14.9 Å². The zero-order valence-corrected chi connectivity index (χ0v) is 19.5. The van der Waals surface area contributed by atoms with E-state index in [1.807, 2.05) is 12.1 Å². The molecule has 1 fully saturated rings. The van der Waals surface area contributed by atoms with Crippen LogP contribution < -0.4 is 11.1 Å². The average Bonchev–Trinajstić information content (AvgIpc) is 2.80. The predicted molar refractivity (Wildman–Crippen MR) is 130 cm³/mol. The number of carbonyl (C=O) groups is 1. The zero-order valence-electron chi connectivity index (χ0n) is 18.7. The molecule has 0 aromatic heterocycles. The van der Waals surface area contributed by atoms with Gasteiger partial charge in [-0.3, -0.25) is 4.79 Å². The Bertz CT molecular complexity index is 816. The largest absolute Gasteiger partial charge is 0.385 e. The Morgan fingerprint density at radius 2 is 1.71 bits per heavy atom. The lowest BCUT2D eigenvalue weighted by Gasteiger charge is -2.34. The first-order chi connectivity index (χ1) is 15.1. The van der Waals surface area contributed by atoms with Gasteiger partial charge in [0.25, 0.3) is 0 Å². The Hall–Kier alpha value is -1.98. The molecule has 31 heavy (non-hydrogen) atoms. The van der Waals surface area contributed by atoms with Crippen LogP contribution in [0.3, 0.4) is 0 Å². The van der Waals surface area contributed by atoms with Crippen LogP contribution in [0.4, 0.5) is 5.69 Å². The highest BCUT2D eigenvalue weighted by Gasteiger charge is 2.40. The molecule has 2 aromatic carbocycles. The minimum atomic E-state index is -0.612. The third-order valence-corrected chi connectivity index (χ3v) is 7.15. The molecule has 0 saturated carbocycles. The van der Waals surface area contributed by atoms with Crippen molar-refractivity contribution in [2.75, 3.05) is 25.1 Å².